The maximum atomic E-state index is 12.4. The molecule has 0 spiro atoms. The van der Waals surface area contributed by atoms with Crippen molar-refractivity contribution in [2.75, 3.05) is 19.8 Å². The van der Waals surface area contributed by atoms with Crippen LogP contribution in [0.15, 0.2) is 18.2 Å². The molecule has 0 radical (unpaired) electrons. The zero-order valence-corrected chi connectivity index (χ0v) is 10.5. The highest BCUT2D eigenvalue weighted by Crippen LogP contribution is 2.22. The van der Waals surface area contributed by atoms with Crippen molar-refractivity contribution in [3.63, 3.8) is 0 Å². The summed E-state index contributed by atoms with van der Waals surface area (Å²) in [4.78, 5) is 14.3. The number of hydrogen-bond acceptors (Lipinski definition) is 3. The van der Waals surface area contributed by atoms with Gasteiger partial charge in [0.25, 0.3) is 5.91 Å². The molecule has 1 fully saturated rings. The summed E-state index contributed by atoms with van der Waals surface area (Å²) in [7, 11) is 0. The Morgan fingerprint density at radius 3 is 2.94 bits per heavy atom. The lowest BCUT2D eigenvalue weighted by molar-refractivity contribution is 0.00359. The molecule has 2 aliphatic rings. The molecule has 1 amide bonds. The average molecular weight is 247 g/mol. The molecule has 3 rings (SSSR count). The zero-order chi connectivity index (χ0) is 12.5. The number of fused-ring (bicyclic) bond motifs is 1. The fourth-order valence-corrected chi connectivity index (χ4v) is 2.50. The third-order valence-electron chi connectivity index (χ3n) is 3.60. The molecule has 18 heavy (non-hydrogen) atoms. The molecule has 0 N–H and O–H groups in total. The van der Waals surface area contributed by atoms with Gasteiger partial charge in [-0.1, -0.05) is 6.07 Å². The SMILES string of the molecule is C[C@@H]1COCCN1C(=O)c1ccc2c(c1)COC2. The molecule has 1 saturated heterocycles. The second-order valence-corrected chi connectivity index (χ2v) is 4.90. The summed E-state index contributed by atoms with van der Waals surface area (Å²) in [5, 5.41) is 0. The largest absolute Gasteiger partial charge is 0.377 e. The Labute approximate surface area is 106 Å². The minimum absolute atomic E-state index is 0.0977. The normalized spacial score (nSPS) is 22.9. The predicted molar refractivity (Wildman–Crippen MR) is 66.3 cm³/mol. The van der Waals surface area contributed by atoms with Gasteiger partial charge in [-0.25, -0.2) is 0 Å². The Morgan fingerprint density at radius 1 is 1.28 bits per heavy atom. The van der Waals surface area contributed by atoms with Crippen molar-refractivity contribution < 1.29 is 14.3 Å². The van der Waals surface area contributed by atoms with Gasteiger partial charge in [-0.2, -0.15) is 0 Å². The lowest BCUT2D eigenvalue weighted by atomic mass is 10.0. The van der Waals surface area contributed by atoms with E-state index in [0.717, 1.165) is 11.1 Å². The van der Waals surface area contributed by atoms with Crippen molar-refractivity contribution >= 4 is 5.91 Å². The molecule has 4 nitrogen and oxygen atoms in total. The van der Waals surface area contributed by atoms with E-state index in [1.54, 1.807) is 0 Å². The van der Waals surface area contributed by atoms with Gasteiger partial charge in [0.1, 0.15) is 0 Å². The van der Waals surface area contributed by atoms with Crippen LogP contribution in [-0.4, -0.2) is 36.6 Å². The van der Waals surface area contributed by atoms with E-state index in [0.29, 0.717) is 33.0 Å². The van der Waals surface area contributed by atoms with E-state index in [4.69, 9.17) is 9.47 Å². The molecular weight excluding hydrogens is 230 g/mol. The lowest BCUT2D eigenvalue weighted by Crippen LogP contribution is -2.47. The minimum atomic E-state index is 0.0977. The Kier molecular flexibility index (Phi) is 3.06. The van der Waals surface area contributed by atoms with Crippen LogP contribution in [0.5, 0.6) is 0 Å². The van der Waals surface area contributed by atoms with Gasteiger partial charge in [0.2, 0.25) is 0 Å². The second kappa shape index (κ2) is 4.71. The first kappa shape index (κ1) is 11.7. The van der Waals surface area contributed by atoms with Gasteiger partial charge in [0, 0.05) is 12.1 Å². The molecule has 2 heterocycles. The number of nitrogens with zero attached hydrogens (tertiary/aromatic N) is 1. The highest BCUT2D eigenvalue weighted by Gasteiger charge is 2.25. The van der Waals surface area contributed by atoms with Gasteiger partial charge in [-0.05, 0) is 30.2 Å². The summed E-state index contributed by atoms with van der Waals surface area (Å²) < 4.78 is 10.7. The molecule has 1 aromatic carbocycles. The number of morpholine rings is 1. The molecule has 1 atom stereocenters. The molecule has 1 aromatic rings. The number of hydrogen-bond donors (Lipinski definition) is 0. The van der Waals surface area contributed by atoms with Crippen LogP contribution in [0.1, 0.15) is 28.4 Å². The molecule has 2 aliphatic heterocycles. The summed E-state index contributed by atoms with van der Waals surface area (Å²) in [6, 6.07) is 6.02. The van der Waals surface area contributed by atoms with Crippen LogP contribution in [0, 0.1) is 0 Å². The van der Waals surface area contributed by atoms with Gasteiger partial charge in [0.15, 0.2) is 0 Å². The van der Waals surface area contributed by atoms with Gasteiger partial charge < -0.3 is 14.4 Å². The first-order chi connectivity index (χ1) is 8.75. The van der Waals surface area contributed by atoms with Crippen LogP contribution in [0.3, 0.4) is 0 Å². The van der Waals surface area contributed by atoms with Gasteiger partial charge in [-0.3, -0.25) is 4.79 Å². The van der Waals surface area contributed by atoms with Crippen LogP contribution in [0.25, 0.3) is 0 Å². The second-order valence-electron chi connectivity index (χ2n) is 4.90. The number of ether oxygens (including phenoxy) is 2. The number of amides is 1. The zero-order valence-electron chi connectivity index (χ0n) is 10.5. The summed E-state index contributed by atoms with van der Waals surface area (Å²) in [5.41, 5.74) is 3.09. The lowest BCUT2D eigenvalue weighted by Gasteiger charge is -2.33. The molecule has 4 heteroatoms. The minimum Gasteiger partial charge on any atom is -0.377 e. The van der Waals surface area contributed by atoms with E-state index < -0.39 is 0 Å². The average Bonchev–Trinajstić information content (AvgIpc) is 2.85. The number of benzene rings is 1. The van der Waals surface area contributed by atoms with E-state index >= 15 is 0 Å². The predicted octanol–water partition coefficient (Wildman–Crippen LogP) is 1.58. The van der Waals surface area contributed by atoms with E-state index in [9.17, 15) is 4.79 Å². The highest BCUT2D eigenvalue weighted by atomic mass is 16.5. The van der Waals surface area contributed by atoms with E-state index in [1.807, 2.05) is 30.0 Å². The van der Waals surface area contributed by atoms with Crippen LogP contribution in [0.4, 0.5) is 0 Å². The fraction of sp³-hybridized carbons (Fsp3) is 0.500. The maximum absolute atomic E-state index is 12.4. The molecule has 96 valence electrons. The molecule has 0 bridgehead atoms. The summed E-state index contributed by atoms with van der Waals surface area (Å²) in [5.74, 6) is 0.0977. The third kappa shape index (κ3) is 2.02. The van der Waals surface area contributed by atoms with Crippen molar-refractivity contribution in [2.24, 2.45) is 0 Å². The fourth-order valence-electron chi connectivity index (χ4n) is 2.50. The first-order valence-electron chi connectivity index (χ1n) is 6.34. The van der Waals surface area contributed by atoms with E-state index in [1.165, 1.54) is 5.56 Å². The smallest absolute Gasteiger partial charge is 0.254 e. The number of rotatable bonds is 1. The standard InChI is InChI=1S/C14H17NO3/c1-10-7-17-5-4-15(10)14(16)11-2-3-12-8-18-9-13(12)6-11/h2-3,6,10H,4-5,7-9H2,1H3/t10-/m1/s1. The van der Waals surface area contributed by atoms with Crippen molar-refractivity contribution in [2.45, 2.75) is 26.2 Å². The quantitative estimate of drug-likeness (QED) is 0.756. The molecular formula is C14H17NO3. The van der Waals surface area contributed by atoms with Crippen LogP contribution >= 0.6 is 0 Å². The Hall–Kier alpha value is -1.39. The van der Waals surface area contributed by atoms with E-state index in [2.05, 4.69) is 0 Å². The monoisotopic (exact) mass is 247 g/mol. The molecule has 0 saturated carbocycles. The van der Waals surface area contributed by atoms with Crippen LogP contribution in [-0.2, 0) is 22.7 Å². The van der Waals surface area contributed by atoms with Crippen molar-refractivity contribution in [1.29, 1.82) is 0 Å². The highest BCUT2D eigenvalue weighted by molar-refractivity contribution is 5.94. The molecule has 0 aromatic heterocycles. The van der Waals surface area contributed by atoms with Crippen LogP contribution in [0.2, 0.25) is 0 Å². The Balaban J connectivity index is 1.83. The summed E-state index contributed by atoms with van der Waals surface area (Å²) in [6.45, 7) is 5.23. The topological polar surface area (TPSA) is 38.8 Å². The maximum Gasteiger partial charge on any atom is 0.254 e. The van der Waals surface area contributed by atoms with Gasteiger partial charge in [-0.15, -0.1) is 0 Å². The van der Waals surface area contributed by atoms with Crippen molar-refractivity contribution in [3.8, 4) is 0 Å². The van der Waals surface area contributed by atoms with E-state index in [-0.39, 0.29) is 11.9 Å². The van der Waals surface area contributed by atoms with Crippen molar-refractivity contribution in [3.05, 3.63) is 34.9 Å². The molecule has 0 aliphatic carbocycles. The summed E-state index contributed by atoms with van der Waals surface area (Å²) >= 11 is 0. The number of carbonyl (C=O) groups excluding carboxylic acids is 1. The number of carbonyl (C=O) groups is 1. The third-order valence-corrected chi connectivity index (χ3v) is 3.60. The van der Waals surface area contributed by atoms with Gasteiger partial charge in [0.05, 0.1) is 32.5 Å². The van der Waals surface area contributed by atoms with Crippen molar-refractivity contribution in [1.82, 2.24) is 4.90 Å². The Bertz CT molecular complexity index is 472. The van der Waals surface area contributed by atoms with Gasteiger partial charge >= 0.3 is 0 Å². The summed E-state index contributed by atoms with van der Waals surface area (Å²) in [6.07, 6.45) is 0. The first-order valence-corrected chi connectivity index (χ1v) is 6.34. The van der Waals surface area contributed by atoms with Crippen LogP contribution < -0.4 is 0 Å². The molecule has 0 unspecified atom stereocenters. The Morgan fingerprint density at radius 2 is 2.11 bits per heavy atom.